The standard InChI is InChI=1S/C13H23N5/c1-10(2)11-9-12(14-3)16-13(15-11)18-7-5-17(4)6-8-18/h9-10H,5-8H2,1-4H3,(H,14,15,16). The highest BCUT2D eigenvalue weighted by molar-refractivity contribution is 5.44. The first-order valence-corrected chi connectivity index (χ1v) is 6.60. The van der Waals surface area contributed by atoms with Crippen molar-refractivity contribution in [2.45, 2.75) is 19.8 Å². The lowest BCUT2D eigenvalue weighted by atomic mass is 10.1. The molecular weight excluding hydrogens is 226 g/mol. The van der Waals surface area contributed by atoms with E-state index in [1.807, 2.05) is 13.1 Å². The Hall–Kier alpha value is -1.36. The van der Waals surface area contributed by atoms with Crippen LogP contribution in [0.5, 0.6) is 0 Å². The highest BCUT2D eigenvalue weighted by Gasteiger charge is 2.18. The Kier molecular flexibility index (Phi) is 4.01. The van der Waals surface area contributed by atoms with Crippen LogP contribution < -0.4 is 10.2 Å². The fraction of sp³-hybridized carbons (Fsp3) is 0.692. The molecule has 0 aliphatic carbocycles. The first kappa shape index (κ1) is 13.1. The second-order valence-electron chi connectivity index (χ2n) is 5.17. The molecule has 5 heteroatoms. The summed E-state index contributed by atoms with van der Waals surface area (Å²) in [6.45, 7) is 8.47. The number of hydrogen-bond donors (Lipinski definition) is 1. The molecule has 1 aromatic heterocycles. The van der Waals surface area contributed by atoms with Crippen LogP contribution in [-0.4, -0.2) is 55.1 Å². The van der Waals surface area contributed by atoms with E-state index in [1.165, 1.54) is 0 Å². The summed E-state index contributed by atoms with van der Waals surface area (Å²) in [4.78, 5) is 13.9. The van der Waals surface area contributed by atoms with Gasteiger partial charge >= 0.3 is 0 Å². The predicted octanol–water partition coefficient (Wildman–Crippen LogP) is 1.39. The molecule has 1 aromatic rings. The van der Waals surface area contributed by atoms with Crippen molar-refractivity contribution in [3.05, 3.63) is 11.8 Å². The Bertz CT molecular complexity index is 396. The van der Waals surface area contributed by atoms with E-state index in [0.29, 0.717) is 5.92 Å². The molecule has 0 saturated carbocycles. The van der Waals surface area contributed by atoms with Gasteiger partial charge in [-0.15, -0.1) is 0 Å². The third kappa shape index (κ3) is 2.90. The molecule has 2 heterocycles. The Morgan fingerprint density at radius 1 is 1.17 bits per heavy atom. The van der Waals surface area contributed by atoms with E-state index in [9.17, 15) is 0 Å². The fourth-order valence-electron chi connectivity index (χ4n) is 2.02. The zero-order chi connectivity index (χ0) is 13.1. The van der Waals surface area contributed by atoms with Gasteiger partial charge in [0.1, 0.15) is 5.82 Å². The second kappa shape index (κ2) is 5.52. The van der Waals surface area contributed by atoms with Crippen molar-refractivity contribution in [1.29, 1.82) is 0 Å². The van der Waals surface area contributed by atoms with Gasteiger partial charge in [0.2, 0.25) is 5.95 Å². The lowest BCUT2D eigenvalue weighted by Gasteiger charge is -2.32. The summed E-state index contributed by atoms with van der Waals surface area (Å²) >= 11 is 0. The molecule has 100 valence electrons. The number of anilines is 2. The van der Waals surface area contributed by atoms with Gasteiger partial charge in [0.25, 0.3) is 0 Å². The van der Waals surface area contributed by atoms with Crippen LogP contribution in [0.15, 0.2) is 6.07 Å². The quantitative estimate of drug-likeness (QED) is 0.877. The molecule has 0 spiro atoms. The third-order valence-corrected chi connectivity index (χ3v) is 3.37. The van der Waals surface area contributed by atoms with Crippen molar-refractivity contribution >= 4 is 11.8 Å². The third-order valence-electron chi connectivity index (χ3n) is 3.37. The van der Waals surface area contributed by atoms with Crippen molar-refractivity contribution in [3.8, 4) is 0 Å². The second-order valence-corrected chi connectivity index (χ2v) is 5.17. The lowest BCUT2D eigenvalue weighted by Crippen LogP contribution is -2.45. The molecule has 0 aromatic carbocycles. The average Bonchev–Trinajstić information content (AvgIpc) is 2.39. The fourth-order valence-corrected chi connectivity index (χ4v) is 2.02. The van der Waals surface area contributed by atoms with Crippen LogP contribution in [0.3, 0.4) is 0 Å². The largest absolute Gasteiger partial charge is 0.373 e. The molecule has 0 unspecified atom stereocenters. The van der Waals surface area contributed by atoms with Gasteiger partial charge in [-0.2, -0.15) is 4.98 Å². The van der Waals surface area contributed by atoms with Gasteiger partial charge in [0.05, 0.1) is 5.69 Å². The van der Waals surface area contributed by atoms with E-state index in [4.69, 9.17) is 0 Å². The Morgan fingerprint density at radius 2 is 1.83 bits per heavy atom. The van der Waals surface area contributed by atoms with Gasteiger partial charge in [-0.3, -0.25) is 0 Å². The SMILES string of the molecule is CNc1cc(C(C)C)nc(N2CCN(C)CC2)n1. The van der Waals surface area contributed by atoms with Crippen LogP contribution in [0, 0.1) is 0 Å². The van der Waals surface area contributed by atoms with Gasteiger partial charge in [-0.05, 0) is 13.0 Å². The van der Waals surface area contributed by atoms with Crippen LogP contribution in [0.25, 0.3) is 0 Å². The van der Waals surface area contributed by atoms with Crippen molar-refractivity contribution in [2.24, 2.45) is 0 Å². The number of nitrogens with zero attached hydrogens (tertiary/aromatic N) is 4. The molecule has 1 aliphatic heterocycles. The van der Waals surface area contributed by atoms with E-state index >= 15 is 0 Å². The molecule has 1 fully saturated rings. The highest BCUT2D eigenvalue weighted by Crippen LogP contribution is 2.20. The number of rotatable bonds is 3. The molecule has 1 N–H and O–H groups in total. The number of nitrogens with one attached hydrogen (secondary N) is 1. The molecule has 0 radical (unpaired) electrons. The Morgan fingerprint density at radius 3 is 2.39 bits per heavy atom. The van der Waals surface area contributed by atoms with E-state index in [2.05, 4.69) is 46.0 Å². The molecular formula is C13H23N5. The van der Waals surface area contributed by atoms with Crippen LogP contribution in [0.1, 0.15) is 25.5 Å². The summed E-state index contributed by atoms with van der Waals surface area (Å²) in [5.74, 6) is 2.19. The maximum atomic E-state index is 4.69. The maximum Gasteiger partial charge on any atom is 0.227 e. The monoisotopic (exact) mass is 249 g/mol. The van der Waals surface area contributed by atoms with Crippen LogP contribution >= 0.6 is 0 Å². The van der Waals surface area contributed by atoms with Crippen molar-refractivity contribution in [3.63, 3.8) is 0 Å². The number of piperazine rings is 1. The smallest absolute Gasteiger partial charge is 0.227 e. The van der Waals surface area contributed by atoms with Gasteiger partial charge in [0.15, 0.2) is 0 Å². The number of hydrogen-bond acceptors (Lipinski definition) is 5. The lowest BCUT2D eigenvalue weighted by molar-refractivity contribution is 0.311. The minimum atomic E-state index is 0.423. The number of likely N-dealkylation sites (N-methyl/N-ethyl adjacent to an activating group) is 1. The summed E-state index contributed by atoms with van der Waals surface area (Å²) in [5, 5.41) is 3.12. The zero-order valence-electron chi connectivity index (χ0n) is 11.8. The van der Waals surface area contributed by atoms with Crippen molar-refractivity contribution in [2.75, 3.05) is 50.5 Å². The van der Waals surface area contributed by atoms with E-state index in [0.717, 1.165) is 43.6 Å². The van der Waals surface area contributed by atoms with Gasteiger partial charge < -0.3 is 15.1 Å². The molecule has 0 atom stereocenters. The van der Waals surface area contributed by atoms with Gasteiger partial charge in [-0.1, -0.05) is 13.8 Å². The first-order valence-electron chi connectivity index (χ1n) is 6.60. The maximum absolute atomic E-state index is 4.69. The molecule has 1 saturated heterocycles. The first-order chi connectivity index (χ1) is 8.60. The topological polar surface area (TPSA) is 44.3 Å². The van der Waals surface area contributed by atoms with Crippen LogP contribution in [0.4, 0.5) is 11.8 Å². The summed E-state index contributed by atoms with van der Waals surface area (Å²) in [7, 11) is 4.06. The zero-order valence-corrected chi connectivity index (χ0v) is 11.8. The van der Waals surface area contributed by atoms with Crippen molar-refractivity contribution < 1.29 is 0 Å². The predicted molar refractivity (Wildman–Crippen MR) is 75.4 cm³/mol. The molecule has 5 nitrogen and oxygen atoms in total. The molecule has 1 aliphatic rings. The summed E-state index contributed by atoms with van der Waals surface area (Å²) in [5.41, 5.74) is 1.10. The van der Waals surface area contributed by atoms with Crippen molar-refractivity contribution in [1.82, 2.24) is 14.9 Å². The minimum Gasteiger partial charge on any atom is -0.373 e. The molecule has 0 amide bonds. The Labute approximate surface area is 109 Å². The summed E-state index contributed by atoms with van der Waals surface area (Å²) in [6.07, 6.45) is 0. The van der Waals surface area contributed by atoms with Crippen LogP contribution in [0.2, 0.25) is 0 Å². The van der Waals surface area contributed by atoms with E-state index in [-0.39, 0.29) is 0 Å². The summed E-state index contributed by atoms with van der Waals surface area (Å²) in [6, 6.07) is 2.03. The molecule has 0 bridgehead atoms. The minimum absolute atomic E-state index is 0.423. The molecule has 18 heavy (non-hydrogen) atoms. The van der Waals surface area contributed by atoms with E-state index in [1.54, 1.807) is 0 Å². The normalized spacial score (nSPS) is 17.3. The van der Waals surface area contributed by atoms with Gasteiger partial charge in [0, 0.05) is 39.3 Å². The average molecular weight is 249 g/mol. The Balaban J connectivity index is 2.23. The van der Waals surface area contributed by atoms with Crippen LogP contribution in [-0.2, 0) is 0 Å². The number of aromatic nitrogens is 2. The molecule has 2 rings (SSSR count). The van der Waals surface area contributed by atoms with Gasteiger partial charge in [-0.25, -0.2) is 4.98 Å². The summed E-state index contributed by atoms with van der Waals surface area (Å²) < 4.78 is 0. The highest BCUT2D eigenvalue weighted by atomic mass is 15.3. The van der Waals surface area contributed by atoms with E-state index < -0.39 is 0 Å².